The van der Waals surface area contributed by atoms with E-state index in [-0.39, 0.29) is 5.91 Å². The third-order valence-corrected chi connectivity index (χ3v) is 5.28. The molecule has 1 amide bonds. The number of carbonyl (C=O) groups excluding carboxylic acids is 1. The molecule has 1 saturated heterocycles. The van der Waals surface area contributed by atoms with Crippen LogP contribution in [0.25, 0.3) is 11.3 Å². The largest absolute Gasteiger partial charge is 0.353 e. The van der Waals surface area contributed by atoms with Gasteiger partial charge in [0.2, 0.25) is 0 Å². The first-order chi connectivity index (χ1) is 14.1. The van der Waals surface area contributed by atoms with Gasteiger partial charge in [-0.05, 0) is 49.9 Å². The van der Waals surface area contributed by atoms with E-state index in [4.69, 9.17) is 0 Å². The molecule has 0 aliphatic carbocycles. The number of hydrogen-bond donors (Lipinski definition) is 1. The Morgan fingerprint density at radius 3 is 2.45 bits per heavy atom. The van der Waals surface area contributed by atoms with Gasteiger partial charge >= 0.3 is 0 Å². The van der Waals surface area contributed by atoms with Crippen LogP contribution in [-0.2, 0) is 0 Å². The minimum Gasteiger partial charge on any atom is -0.353 e. The number of anilines is 2. The zero-order chi connectivity index (χ0) is 20.2. The van der Waals surface area contributed by atoms with Crippen LogP contribution in [0.4, 0.5) is 11.5 Å². The van der Waals surface area contributed by atoms with Gasteiger partial charge in [0.1, 0.15) is 0 Å². The van der Waals surface area contributed by atoms with Crippen molar-refractivity contribution in [2.75, 3.05) is 43.4 Å². The van der Waals surface area contributed by atoms with Crippen molar-refractivity contribution in [3.8, 4) is 11.3 Å². The van der Waals surface area contributed by atoms with E-state index in [2.05, 4.69) is 32.4 Å². The molecule has 29 heavy (non-hydrogen) atoms. The molecule has 0 saturated carbocycles. The van der Waals surface area contributed by atoms with E-state index in [1.165, 1.54) is 0 Å². The molecule has 1 aromatic heterocycles. The maximum absolute atomic E-state index is 12.6. The zero-order valence-corrected chi connectivity index (χ0v) is 16.8. The summed E-state index contributed by atoms with van der Waals surface area (Å²) < 4.78 is 0. The van der Waals surface area contributed by atoms with Gasteiger partial charge in [0, 0.05) is 43.0 Å². The molecule has 1 N–H and O–H groups in total. The van der Waals surface area contributed by atoms with E-state index in [0.717, 1.165) is 54.5 Å². The predicted molar refractivity (Wildman–Crippen MR) is 116 cm³/mol. The van der Waals surface area contributed by atoms with Crippen molar-refractivity contribution in [3.63, 3.8) is 0 Å². The Morgan fingerprint density at radius 2 is 1.72 bits per heavy atom. The molecule has 4 rings (SSSR count). The third kappa shape index (κ3) is 4.43. The number of piperazine rings is 1. The van der Waals surface area contributed by atoms with E-state index < -0.39 is 0 Å². The molecule has 3 aromatic rings. The fourth-order valence-electron chi connectivity index (χ4n) is 3.47. The van der Waals surface area contributed by atoms with Crippen LogP contribution < -0.4 is 10.2 Å². The minimum atomic E-state index is -0.114. The van der Waals surface area contributed by atoms with Crippen LogP contribution in [0.5, 0.6) is 0 Å². The lowest BCUT2D eigenvalue weighted by molar-refractivity contribution is 0.102. The Balaban J connectivity index is 1.48. The van der Waals surface area contributed by atoms with Gasteiger partial charge in [0.05, 0.1) is 5.69 Å². The molecular formula is C23H25N5O. The van der Waals surface area contributed by atoms with Gasteiger partial charge in [-0.2, -0.15) is 0 Å². The molecule has 148 valence electrons. The number of nitrogens with one attached hydrogen (secondary N) is 1. The molecule has 6 heteroatoms. The zero-order valence-electron chi connectivity index (χ0n) is 16.8. The van der Waals surface area contributed by atoms with E-state index in [1.807, 2.05) is 67.6 Å². The first-order valence-corrected chi connectivity index (χ1v) is 9.85. The summed E-state index contributed by atoms with van der Waals surface area (Å²) in [6.07, 6.45) is 0. The van der Waals surface area contributed by atoms with Crippen LogP contribution in [0.3, 0.4) is 0 Å². The number of aromatic nitrogens is 2. The Bertz CT molecular complexity index is 994. The number of amides is 1. The van der Waals surface area contributed by atoms with Gasteiger partial charge in [0.25, 0.3) is 5.91 Å². The van der Waals surface area contributed by atoms with Crippen molar-refractivity contribution >= 4 is 17.4 Å². The summed E-state index contributed by atoms with van der Waals surface area (Å²) in [5, 5.41) is 11.8. The molecule has 1 aliphatic heterocycles. The van der Waals surface area contributed by atoms with E-state index in [9.17, 15) is 4.79 Å². The number of aryl methyl sites for hydroxylation is 1. The van der Waals surface area contributed by atoms with Crippen LogP contribution in [-0.4, -0.2) is 54.2 Å². The van der Waals surface area contributed by atoms with Gasteiger partial charge < -0.3 is 15.1 Å². The molecule has 0 spiro atoms. The van der Waals surface area contributed by atoms with Gasteiger partial charge in [-0.15, -0.1) is 10.2 Å². The summed E-state index contributed by atoms with van der Waals surface area (Å²) in [6, 6.07) is 19.3. The highest BCUT2D eigenvalue weighted by Gasteiger charge is 2.16. The maximum Gasteiger partial charge on any atom is 0.255 e. The monoisotopic (exact) mass is 387 g/mol. The van der Waals surface area contributed by atoms with Gasteiger partial charge in [-0.25, -0.2) is 0 Å². The number of hydrogen-bond acceptors (Lipinski definition) is 5. The lowest BCUT2D eigenvalue weighted by Gasteiger charge is -2.32. The maximum atomic E-state index is 12.6. The smallest absolute Gasteiger partial charge is 0.255 e. The Kier molecular flexibility index (Phi) is 5.53. The molecule has 6 nitrogen and oxygen atoms in total. The average Bonchev–Trinajstić information content (AvgIpc) is 2.75. The summed E-state index contributed by atoms with van der Waals surface area (Å²) >= 11 is 0. The molecule has 1 fully saturated rings. The van der Waals surface area contributed by atoms with Crippen molar-refractivity contribution in [3.05, 3.63) is 71.8 Å². The number of likely N-dealkylation sites (N-methyl/N-ethyl adjacent to an activating group) is 1. The summed E-state index contributed by atoms with van der Waals surface area (Å²) in [6.45, 7) is 5.93. The van der Waals surface area contributed by atoms with Gasteiger partial charge in [-0.1, -0.05) is 30.3 Å². The summed E-state index contributed by atoms with van der Waals surface area (Å²) in [4.78, 5) is 17.2. The number of carbonyl (C=O) groups is 1. The van der Waals surface area contributed by atoms with Crippen LogP contribution in [0, 0.1) is 6.92 Å². The first-order valence-electron chi connectivity index (χ1n) is 9.85. The van der Waals surface area contributed by atoms with Gasteiger partial charge in [-0.3, -0.25) is 4.79 Å². The Morgan fingerprint density at radius 1 is 0.931 bits per heavy atom. The molecule has 0 unspecified atom stereocenters. The molecule has 2 aromatic carbocycles. The standard InChI is InChI=1S/C23H25N5O/c1-17-6-3-4-9-20(17)23(29)24-19-8-5-7-18(16-19)21-10-11-22(26-25-21)28-14-12-27(2)13-15-28/h3-11,16H,12-15H2,1-2H3,(H,24,29). The predicted octanol–water partition coefficient (Wildman–Crippen LogP) is 3.46. The van der Waals surface area contributed by atoms with Crippen molar-refractivity contribution in [1.82, 2.24) is 15.1 Å². The topological polar surface area (TPSA) is 61.4 Å². The molecule has 1 aliphatic rings. The van der Waals surface area contributed by atoms with Crippen LogP contribution in [0.15, 0.2) is 60.7 Å². The van der Waals surface area contributed by atoms with Crippen molar-refractivity contribution in [1.29, 1.82) is 0 Å². The van der Waals surface area contributed by atoms with E-state index >= 15 is 0 Å². The quantitative estimate of drug-likeness (QED) is 0.743. The number of rotatable bonds is 4. The SMILES string of the molecule is Cc1ccccc1C(=O)Nc1cccc(-c2ccc(N3CCN(C)CC3)nn2)c1. The molecule has 0 bridgehead atoms. The average molecular weight is 387 g/mol. The second-order valence-corrected chi connectivity index (χ2v) is 7.42. The van der Waals surface area contributed by atoms with Crippen LogP contribution in [0.2, 0.25) is 0 Å². The number of nitrogens with zero attached hydrogens (tertiary/aromatic N) is 4. The lowest BCUT2D eigenvalue weighted by Crippen LogP contribution is -2.44. The third-order valence-electron chi connectivity index (χ3n) is 5.28. The fourth-order valence-corrected chi connectivity index (χ4v) is 3.47. The highest BCUT2D eigenvalue weighted by Crippen LogP contribution is 2.23. The normalized spacial score (nSPS) is 14.6. The van der Waals surface area contributed by atoms with Crippen LogP contribution in [0.1, 0.15) is 15.9 Å². The second kappa shape index (κ2) is 8.41. The highest BCUT2D eigenvalue weighted by molar-refractivity contribution is 6.05. The molecular weight excluding hydrogens is 362 g/mol. The Labute approximate surface area is 171 Å². The highest BCUT2D eigenvalue weighted by atomic mass is 16.1. The van der Waals surface area contributed by atoms with E-state index in [0.29, 0.717) is 5.56 Å². The summed E-state index contributed by atoms with van der Waals surface area (Å²) in [5.41, 5.74) is 4.07. The summed E-state index contributed by atoms with van der Waals surface area (Å²) in [5.74, 6) is 0.794. The van der Waals surface area contributed by atoms with Crippen molar-refractivity contribution in [2.45, 2.75) is 6.92 Å². The summed E-state index contributed by atoms with van der Waals surface area (Å²) in [7, 11) is 2.14. The fraction of sp³-hybridized carbons (Fsp3) is 0.261. The van der Waals surface area contributed by atoms with E-state index in [1.54, 1.807) is 0 Å². The van der Waals surface area contributed by atoms with Gasteiger partial charge in [0.15, 0.2) is 5.82 Å². The molecule has 0 atom stereocenters. The molecule has 2 heterocycles. The number of benzene rings is 2. The van der Waals surface area contributed by atoms with Crippen molar-refractivity contribution < 1.29 is 4.79 Å². The van der Waals surface area contributed by atoms with Crippen molar-refractivity contribution in [2.24, 2.45) is 0 Å². The minimum absolute atomic E-state index is 0.114. The lowest BCUT2D eigenvalue weighted by atomic mass is 10.1. The first kappa shape index (κ1) is 19.1. The Hall–Kier alpha value is -3.25. The molecule has 0 radical (unpaired) electrons. The second-order valence-electron chi connectivity index (χ2n) is 7.42. The van der Waals surface area contributed by atoms with Crippen LogP contribution >= 0.6 is 0 Å².